The third kappa shape index (κ3) is 5.81. The molecule has 1 aliphatic rings. The molecule has 0 saturated heterocycles. The molecule has 3 heterocycles. The summed E-state index contributed by atoms with van der Waals surface area (Å²) in [7, 11) is 1.57. The lowest BCUT2D eigenvalue weighted by Crippen LogP contribution is -3.00. The summed E-state index contributed by atoms with van der Waals surface area (Å²) in [4.78, 5) is 16.9. The zero-order valence-corrected chi connectivity index (χ0v) is 21.4. The highest BCUT2D eigenvalue weighted by Gasteiger charge is 2.41. The molecule has 1 aromatic carbocycles. The Hall–Kier alpha value is -3.35. The molecular weight excluding hydrogens is 516 g/mol. The van der Waals surface area contributed by atoms with Crippen molar-refractivity contribution in [3.63, 3.8) is 0 Å². The molecule has 0 spiro atoms. The number of hydrogen-bond donors (Lipinski definition) is 5. The molecule has 1 aliphatic carbocycles. The lowest BCUT2D eigenvalue weighted by molar-refractivity contribution is -0.392. The number of methoxy groups -OCH3 is 1. The second kappa shape index (κ2) is 11.8. The zero-order valence-electron chi connectivity index (χ0n) is 19.9. The van der Waals surface area contributed by atoms with Gasteiger partial charge in [-0.3, -0.25) is 0 Å². The molecule has 4 aromatic rings. The number of aromatic amines is 1. The van der Waals surface area contributed by atoms with Crippen LogP contribution in [0.2, 0.25) is 0 Å². The summed E-state index contributed by atoms with van der Waals surface area (Å²) < 4.78 is 5.24. The van der Waals surface area contributed by atoms with Gasteiger partial charge in [-0.15, -0.1) is 11.3 Å². The van der Waals surface area contributed by atoms with Gasteiger partial charge in [0, 0.05) is 35.7 Å². The highest BCUT2D eigenvalue weighted by molar-refractivity contribution is 7.13. The lowest BCUT2D eigenvalue weighted by Gasteiger charge is -2.20. The van der Waals surface area contributed by atoms with Gasteiger partial charge in [-0.2, -0.15) is 9.97 Å². The number of anilines is 3. The van der Waals surface area contributed by atoms with Gasteiger partial charge in [0.1, 0.15) is 16.9 Å². The quantitative estimate of drug-likeness (QED) is 0.196. The summed E-state index contributed by atoms with van der Waals surface area (Å²) >= 11 is 1.47. The summed E-state index contributed by atoms with van der Waals surface area (Å²) in [5.41, 5.74) is 3.24. The van der Waals surface area contributed by atoms with Gasteiger partial charge in [0.25, 0.3) is 0 Å². The number of nitrogens with zero attached hydrogens (tertiary/aromatic N) is 3. The summed E-state index contributed by atoms with van der Waals surface area (Å²) in [6, 6.07) is 13.0. The minimum atomic E-state index is -1.05. The number of ether oxygens (including phenoxy) is 1. The standard InChI is InChI=1S/C25H26N6O4S.ClH/c1-35-20-10-16(7-8-26-20)28-25-27-11-17(24-30-19(13-36-24)14-5-3-2-4-6-14)23(31-25)29-18-9-15(12-32)21(33)22(18)34;/h2-8,10-11,13,15,18,21-22,32-34H,9,12H2,1H3,(H2,26,27,28,29,31);1H/t15-,18-,21-,22+;/m1./s1. The van der Waals surface area contributed by atoms with Crippen LogP contribution in [0.4, 0.5) is 17.5 Å². The number of hydrogen-bond acceptors (Lipinski definition) is 10. The predicted octanol–water partition coefficient (Wildman–Crippen LogP) is -0.648. The summed E-state index contributed by atoms with van der Waals surface area (Å²) in [5, 5.41) is 39.6. The monoisotopic (exact) mass is 542 g/mol. The van der Waals surface area contributed by atoms with Crippen molar-refractivity contribution < 1.29 is 37.4 Å². The minimum absolute atomic E-state index is 0. The third-order valence-electron chi connectivity index (χ3n) is 6.20. The summed E-state index contributed by atoms with van der Waals surface area (Å²) in [6.07, 6.45) is 1.74. The van der Waals surface area contributed by atoms with E-state index in [0.717, 1.165) is 16.9 Å². The maximum absolute atomic E-state index is 10.6. The Labute approximate surface area is 223 Å². The first-order valence-corrected chi connectivity index (χ1v) is 12.4. The van der Waals surface area contributed by atoms with Gasteiger partial charge < -0.3 is 43.1 Å². The van der Waals surface area contributed by atoms with Crippen LogP contribution in [0.15, 0.2) is 60.2 Å². The van der Waals surface area contributed by atoms with E-state index in [9.17, 15) is 15.3 Å². The number of aliphatic hydroxyl groups is 3. The van der Waals surface area contributed by atoms with Crippen LogP contribution in [0.3, 0.4) is 0 Å². The highest BCUT2D eigenvalue weighted by Crippen LogP contribution is 2.35. The van der Waals surface area contributed by atoms with Crippen molar-refractivity contribution in [1.82, 2.24) is 15.0 Å². The molecule has 1 saturated carbocycles. The van der Waals surface area contributed by atoms with Crippen molar-refractivity contribution in [3.05, 3.63) is 60.2 Å². The number of nitrogens with one attached hydrogen (secondary N) is 3. The molecule has 0 radical (unpaired) electrons. The fraction of sp³-hybridized carbons (Fsp3) is 0.280. The van der Waals surface area contributed by atoms with E-state index in [1.54, 1.807) is 25.6 Å². The van der Waals surface area contributed by atoms with Crippen LogP contribution < -0.4 is 32.8 Å². The van der Waals surface area contributed by atoms with Crippen LogP contribution in [0, 0.1) is 5.92 Å². The van der Waals surface area contributed by atoms with Gasteiger partial charge >= 0.3 is 5.88 Å². The summed E-state index contributed by atoms with van der Waals surface area (Å²) in [5.74, 6) is 0.953. The average molecular weight is 543 g/mol. The summed E-state index contributed by atoms with van der Waals surface area (Å²) in [6.45, 7) is -0.209. The number of benzene rings is 1. The molecule has 12 heteroatoms. The number of pyridine rings is 1. The largest absolute Gasteiger partial charge is 1.00 e. The van der Waals surface area contributed by atoms with Crippen LogP contribution in [0.5, 0.6) is 5.88 Å². The van der Waals surface area contributed by atoms with Gasteiger partial charge in [0.15, 0.2) is 6.20 Å². The second-order valence-electron chi connectivity index (χ2n) is 8.54. The molecular formula is C25H27ClN6O4S. The molecule has 37 heavy (non-hydrogen) atoms. The van der Waals surface area contributed by atoms with Crippen LogP contribution in [0.1, 0.15) is 6.42 Å². The zero-order chi connectivity index (χ0) is 25.1. The van der Waals surface area contributed by atoms with E-state index in [2.05, 4.69) is 25.6 Å². The van der Waals surface area contributed by atoms with E-state index in [0.29, 0.717) is 34.6 Å². The molecule has 0 aliphatic heterocycles. The number of aliphatic hydroxyl groups excluding tert-OH is 3. The van der Waals surface area contributed by atoms with Gasteiger partial charge in [-0.25, -0.2) is 9.97 Å². The van der Waals surface area contributed by atoms with Crippen LogP contribution in [-0.4, -0.2) is 62.2 Å². The van der Waals surface area contributed by atoms with Gasteiger partial charge in [-0.1, -0.05) is 30.3 Å². The van der Waals surface area contributed by atoms with Crippen molar-refractivity contribution in [3.8, 4) is 27.7 Å². The van der Waals surface area contributed by atoms with Crippen LogP contribution in [-0.2, 0) is 0 Å². The predicted molar refractivity (Wildman–Crippen MR) is 136 cm³/mol. The van der Waals surface area contributed by atoms with Crippen molar-refractivity contribution in [2.45, 2.75) is 24.7 Å². The minimum Gasteiger partial charge on any atom is -1.00 e. The van der Waals surface area contributed by atoms with Crippen LogP contribution >= 0.6 is 11.3 Å². The number of rotatable bonds is 8. The molecule has 0 amide bonds. The molecule has 194 valence electrons. The van der Waals surface area contributed by atoms with Crippen molar-refractivity contribution >= 4 is 28.8 Å². The molecule has 0 bridgehead atoms. The Morgan fingerprint density at radius 1 is 1.14 bits per heavy atom. The molecule has 3 aromatic heterocycles. The third-order valence-corrected chi connectivity index (χ3v) is 7.08. The molecule has 4 atom stereocenters. The maximum atomic E-state index is 10.6. The van der Waals surface area contributed by atoms with Gasteiger partial charge in [0.2, 0.25) is 5.95 Å². The van der Waals surface area contributed by atoms with E-state index in [1.165, 1.54) is 11.3 Å². The van der Waals surface area contributed by atoms with E-state index in [-0.39, 0.29) is 19.0 Å². The van der Waals surface area contributed by atoms with E-state index in [1.807, 2.05) is 41.8 Å². The Morgan fingerprint density at radius 3 is 2.68 bits per heavy atom. The molecule has 6 N–H and O–H groups in total. The SMILES string of the molecule is COc1cc(Nc2ncc(-c3nc(-c4ccccc4)cs3)c(N[C@@H]3C[C@H](CO)[C@@H](O)[C@H]3O)n2)cc[nH+]1.[Cl-]. The van der Waals surface area contributed by atoms with Crippen LogP contribution in [0.25, 0.3) is 21.8 Å². The molecule has 10 nitrogen and oxygen atoms in total. The van der Waals surface area contributed by atoms with Gasteiger partial charge in [0.05, 0.1) is 42.3 Å². The van der Waals surface area contributed by atoms with E-state index < -0.39 is 24.2 Å². The Bertz CT molecular complexity index is 1330. The topological polar surface area (TPSA) is 147 Å². The lowest BCUT2D eigenvalue weighted by atomic mass is 10.1. The van der Waals surface area contributed by atoms with Crippen molar-refractivity contribution in [2.24, 2.45) is 5.92 Å². The molecule has 5 rings (SSSR count). The Morgan fingerprint density at radius 2 is 1.95 bits per heavy atom. The number of H-pyrrole nitrogens is 1. The van der Waals surface area contributed by atoms with Crippen molar-refractivity contribution in [2.75, 3.05) is 24.4 Å². The fourth-order valence-electron chi connectivity index (χ4n) is 4.24. The number of halogens is 1. The van der Waals surface area contributed by atoms with E-state index in [4.69, 9.17) is 9.72 Å². The van der Waals surface area contributed by atoms with Crippen molar-refractivity contribution in [1.29, 1.82) is 0 Å². The first-order valence-electron chi connectivity index (χ1n) is 11.5. The van der Waals surface area contributed by atoms with Gasteiger partial charge in [-0.05, 0) is 6.42 Å². The number of aromatic nitrogens is 4. The average Bonchev–Trinajstić information content (AvgIpc) is 3.50. The smallest absolute Gasteiger partial charge is 0.367 e. The normalized spacial score (nSPS) is 20.8. The first kappa shape index (κ1) is 26.7. The number of thiazole rings is 1. The Kier molecular flexibility index (Phi) is 8.52. The first-order chi connectivity index (χ1) is 17.6. The second-order valence-corrected chi connectivity index (χ2v) is 9.40. The maximum Gasteiger partial charge on any atom is 0.367 e. The fourth-order valence-corrected chi connectivity index (χ4v) is 5.08. The molecule has 1 fully saturated rings. The Balaban J connectivity index is 0.00000320. The highest BCUT2D eigenvalue weighted by atomic mass is 35.5. The molecule has 0 unspecified atom stereocenters. The van der Waals surface area contributed by atoms with E-state index >= 15 is 0 Å².